The lowest BCUT2D eigenvalue weighted by Gasteiger charge is -2.22. The molecule has 4 heteroatoms. The molecular formula is C23H30N2O2. The SMILES string of the molecule is CC(CC(=O)N(C)Cc1ccc(C(C)(C)C)cc1)NC(=O)c1ccccc1. The van der Waals surface area contributed by atoms with Crippen molar-refractivity contribution >= 4 is 11.8 Å². The summed E-state index contributed by atoms with van der Waals surface area (Å²) in [6, 6.07) is 17.2. The average Bonchev–Trinajstić information content (AvgIpc) is 2.62. The predicted molar refractivity (Wildman–Crippen MR) is 110 cm³/mol. The quantitative estimate of drug-likeness (QED) is 0.835. The lowest BCUT2D eigenvalue weighted by atomic mass is 9.87. The van der Waals surface area contributed by atoms with Crippen molar-refractivity contribution in [3.8, 4) is 0 Å². The van der Waals surface area contributed by atoms with Gasteiger partial charge in [0, 0.05) is 31.6 Å². The summed E-state index contributed by atoms with van der Waals surface area (Å²) < 4.78 is 0. The Morgan fingerprint density at radius 1 is 1.00 bits per heavy atom. The van der Waals surface area contributed by atoms with Crippen molar-refractivity contribution in [1.82, 2.24) is 10.2 Å². The van der Waals surface area contributed by atoms with E-state index >= 15 is 0 Å². The molecule has 0 spiro atoms. The van der Waals surface area contributed by atoms with Gasteiger partial charge >= 0.3 is 0 Å². The number of carbonyl (C=O) groups excluding carboxylic acids is 2. The van der Waals surface area contributed by atoms with Gasteiger partial charge in [-0.25, -0.2) is 0 Å². The third kappa shape index (κ3) is 6.24. The topological polar surface area (TPSA) is 49.4 Å². The van der Waals surface area contributed by atoms with Crippen LogP contribution in [0.1, 0.15) is 55.6 Å². The molecule has 0 saturated heterocycles. The summed E-state index contributed by atoms with van der Waals surface area (Å²) in [4.78, 5) is 26.4. The number of rotatable bonds is 6. The van der Waals surface area contributed by atoms with Crippen LogP contribution in [0.5, 0.6) is 0 Å². The Kier molecular flexibility index (Phi) is 6.78. The molecule has 2 rings (SSSR count). The van der Waals surface area contributed by atoms with Crippen LogP contribution in [0.4, 0.5) is 0 Å². The van der Waals surface area contributed by atoms with Gasteiger partial charge in [-0.05, 0) is 35.6 Å². The Labute approximate surface area is 162 Å². The zero-order chi connectivity index (χ0) is 20.0. The van der Waals surface area contributed by atoms with E-state index in [-0.39, 0.29) is 29.7 Å². The lowest BCUT2D eigenvalue weighted by Crippen LogP contribution is -2.37. The molecule has 0 radical (unpaired) electrons. The normalized spacial score (nSPS) is 12.3. The van der Waals surface area contributed by atoms with Gasteiger partial charge in [0.2, 0.25) is 5.91 Å². The van der Waals surface area contributed by atoms with E-state index < -0.39 is 0 Å². The molecule has 2 aromatic rings. The number of benzene rings is 2. The first-order valence-electron chi connectivity index (χ1n) is 9.36. The molecule has 1 atom stereocenters. The molecule has 1 unspecified atom stereocenters. The summed E-state index contributed by atoms with van der Waals surface area (Å²) in [5.74, 6) is -0.146. The molecule has 4 nitrogen and oxygen atoms in total. The van der Waals surface area contributed by atoms with E-state index in [1.54, 1.807) is 24.1 Å². The van der Waals surface area contributed by atoms with E-state index in [2.05, 4.69) is 50.4 Å². The van der Waals surface area contributed by atoms with E-state index in [1.807, 2.05) is 25.1 Å². The van der Waals surface area contributed by atoms with Gasteiger partial charge in [0.25, 0.3) is 5.91 Å². The maximum absolute atomic E-state index is 12.5. The van der Waals surface area contributed by atoms with Crippen LogP contribution in [0, 0.1) is 0 Å². The van der Waals surface area contributed by atoms with Gasteiger partial charge in [0.05, 0.1) is 0 Å². The van der Waals surface area contributed by atoms with Crippen LogP contribution in [0.2, 0.25) is 0 Å². The largest absolute Gasteiger partial charge is 0.349 e. The van der Waals surface area contributed by atoms with Crippen molar-refractivity contribution in [2.24, 2.45) is 0 Å². The van der Waals surface area contributed by atoms with Crippen LogP contribution in [-0.4, -0.2) is 29.8 Å². The molecule has 144 valence electrons. The first-order chi connectivity index (χ1) is 12.7. The molecule has 0 heterocycles. The van der Waals surface area contributed by atoms with Gasteiger partial charge in [-0.3, -0.25) is 9.59 Å². The molecule has 0 fully saturated rings. The van der Waals surface area contributed by atoms with E-state index in [1.165, 1.54) is 5.56 Å². The van der Waals surface area contributed by atoms with E-state index in [0.717, 1.165) is 5.56 Å². The first-order valence-corrected chi connectivity index (χ1v) is 9.36. The second-order valence-electron chi connectivity index (χ2n) is 8.14. The highest BCUT2D eigenvalue weighted by molar-refractivity contribution is 5.94. The van der Waals surface area contributed by atoms with Crippen molar-refractivity contribution < 1.29 is 9.59 Å². The predicted octanol–water partition coefficient (Wildman–Crippen LogP) is 4.15. The second kappa shape index (κ2) is 8.85. The summed E-state index contributed by atoms with van der Waals surface area (Å²) in [5.41, 5.74) is 3.09. The van der Waals surface area contributed by atoms with Crippen molar-refractivity contribution in [3.63, 3.8) is 0 Å². The summed E-state index contributed by atoms with van der Waals surface area (Å²) in [6.07, 6.45) is 0.273. The van der Waals surface area contributed by atoms with E-state index in [4.69, 9.17) is 0 Å². The Balaban J connectivity index is 1.86. The Bertz CT molecular complexity index is 761. The highest BCUT2D eigenvalue weighted by Crippen LogP contribution is 2.22. The van der Waals surface area contributed by atoms with Crippen LogP contribution in [-0.2, 0) is 16.8 Å². The molecule has 0 aliphatic rings. The fraction of sp³-hybridized carbons (Fsp3) is 0.391. The zero-order valence-electron chi connectivity index (χ0n) is 17.0. The van der Waals surface area contributed by atoms with Crippen LogP contribution in [0.15, 0.2) is 54.6 Å². The van der Waals surface area contributed by atoms with Crippen LogP contribution < -0.4 is 5.32 Å². The third-order valence-corrected chi connectivity index (χ3v) is 4.56. The number of hydrogen-bond acceptors (Lipinski definition) is 2. The van der Waals surface area contributed by atoms with Crippen LogP contribution in [0.3, 0.4) is 0 Å². The molecule has 0 aliphatic carbocycles. The minimum absolute atomic E-state index is 0.00996. The second-order valence-corrected chi connectivity index (χ2v) is 8.14. The average molecular weight is 367 g/mol. The van der Waals surface area contributed by atoms with Gasteiger partial charge in [-0.15, -0.1) is 0 Å². The monoisotopic (exact) mass is 366 g/mol. The first kappa shape index (κ1) is 20.7. The summed E-state index contributed by atoms with van der Waals surface area (Å²) in [6.45, 7) is 8.96. The van der Waals surface area contributed by atoms with Gasteiger partial charge in [-0.2, -0.15) is 0 Å². The summed E-state index contributed by atoms with van der Waals surface area (Å²) in [5, 5.41) is 2.88. The molecule has 27 heavy (non-hydrogen) atoms. The fourth-order valence-electron chi connectivity index (χ4n) is 2.84. The van der Waals surface area contributed by atoms with Gasteiger partial charge in [0.1, 0.15) is 0 Å². The number of nitrogens with one attached hydrogen (secondary N) is 1. The summed E-state index contributed by atoms with van der Waals surface area (Å²) in [7, 11) is 1.80. The minimum Gasteiger partial charge on any atom is -0.349 e. The van der Waals surface area contributed by atoms with Crippen molar-refractivity contribution in [2.45, 2.75) is 52.1 Å². The van der Waals surface area contributed by atoms with Crippen LogP contribution in [0.25, 0.3) is 0 Å². The van der Waals surface area contributed by atoms with Crippen molar-refractivity contribution in [2.75, 3.05) is 7.05 Å². The molecule has 0 aromatic heterocycles. The maximum Gasteiger partial charge on any atom is 0.251 e. The molecule has 2 aromatic carbocycles. The zero-order valence-corrected chi connectivity index (χ0v) is 17.0. The van der Waals surface area contributed by atoms with Crippen LogP contribution >= 0.6 is 0 Å². The lowest BCUT2D eigenvalue weighted by molar-refractivity contribution is -0.130. The minimum atomic E-state index is -0.226. The highest BCUT2D eigenvalue weighted by atomic mass is 16.2. The smallest absolute Gasteiger partial charge is 0.251 e. The Morgan fingerprint density at radius 3 is 2.15 bits per heavy atom. The Morgan fingerprint density at radius 2 is 1.59 bits per heavy atom. The molecule has 0 bridgehead atoms. The summed E-state index contributed by atoms with van der Waals surface area (Å²) >= 11 is 0. The fourth-order valence-corrected chi connectivity index (χ4v) is 2.84. The Hall–Kier alpha value is -2.62. The number of amides is 2. The molecule has 2 amide bonds. The third-order valence-electron chi connectivity index (χ3n) is 4.56. The molecule has 0 saturated carbocycles. The standard InChI is InChI=1S/C23H30N2O2/c1-17(24-22(27)19-9-7-6-8-10-19)15-21(26)25(5)16-18-11-13-20(14-12-18)23(2,3)4/h6-14,17H,15-16H2,1-5H3,(H,24,27). The number of hydrogen-bond donors (Lipinski definition) is 1. The van der Waals surface area contributed by atoms with Gasteiger partial charge in [-0.1, -0.05) is 63.2 Å². The number of carbonyl (C=O) groups is 2. The van der Waals surface area contributed by atoms with Gasteiger partial charge in [0.15, 0.2) is 0 Å². The molecular weight excluding hydrogens is 336 g/mol. The maximum atomic E-state index is 12.5. The van der Waals surface area contributed by atoms with Crippen molar-refractivity contribution in [1.29, 1.82) is 0 Å². The van der Waals surface area contributed by atoms with E-state index in [0.29, 0.717) is 12.1 Å². The van der Waals surface area contributed by atoms with Crippen molar-refractivity contribution in [3.05, 3.63) is 71.3 Å². The molecule has 0 aliphatic heterocycles. The van der Waals surface area contributed by atoms with E-state index in [9.17, 15) is 9.59 Å². The number of nitrogens with zero attached hydrogens (tertiary/aromatic N) is 1. The molecule has 1 N–H and O–H groups in total. The highest BCUT2D eigenvalue weighted by Gasteiger charge is 2.17. The van der Waals surface area contributed by atoms with Gasteiger partial charge < -0.3 is 10.2 Å².